The fourth-order valence-electron chi connectivity index (χ4n) is 3.07. The van der Waals surface area contributed by atoms with Crippen LogP contribution in [0.25, 0.3) is 0 Å². The van der Waals surface area contributed by atoms with Gasteiger partial charge in [0.2, 0.25) is 10.0 Å². The standard InChI is InChI=1S/C22H25NO5S/c1-3-28-22(24)14-13-20-21(16-27-15-18-7-5-4-6-8-18)23(20)29(25,26)19-11-9-17(2)10-12-19/h4-14,20-21H,3,15-16H2,1-2H3/b14-13+/t20-,21-,23?/m0/s1. The Morgan fingerprint density at radius 1 is 1.10 bits per heavy atom. The van der Waals surface area contributed by atoms with Crippen LogP contribution in [0.5, 0.6) is 0 Å². The molecule has 0 amide bonds. The summed E-state index contributed by atoms with van der Waals surface area (Å²) in [6, 6.07) is 15.6. The maximum atomic E-state index is 13.1. The largest absolute Gasteiger partial charge is 0.463 e. The summed E-state index contributed by atoms with van der Waals surface area (Å²) in [5.74, 6) is -0.490. The SMILES string of the molecule is CCOC(=O)/C=C/[C@H]1[C@H](COCc2ccccc2)N1S(=O)(=O)c1ccc(C)cc1. The van der Waals surface area contributed by atoms with E-state index in [-0.39, 0.29) is 24.2 Å². The molecule has 29 heavy (non-hydrogen) atoms. The first kappa shape index (κ1) is 21.2. The van der Waals surface area contributed by atoms with Gasteiger partial charge in [0.15, 0.2) is 0 Å². The minimum Gasteiger partial charge on any atom is -0.463 e. The fourth-order valence-corrected chi connectivity index (χ4v) is 4.81. The number of rotatable bonds is 9. The monoisotopic (exact) mass is 415 g/mol. The number of carbonyl (C=O) groups excluding carboxylic acids is 1. The van der Waals surface area contributed by atoms with E-state index in [1.54, 1.807) is 37.3 Å². The molecule has 1 aliphatic heterocycles. The molecule has 0 aromatic heterocycles. The van der Waals surface area contributed by atoms with Gasteiger partial charge < -0.3 is 9.47 Å². The minimum absolute atomic E-state index is 0.225. The molecule has 0 saturated carbocycles. The van der Waals surface area contributed by atoms with Gasteiger partial charge in [0.05, 0.1) is 36.8 Å². The molecule has 6 nitrogen and oxygen atoms in total. The van der Waals surface area contributed by atoms with Crippen molar-refractivity contribution < 1.29 is 22.7 Å². The minimum atomic E-state index is -3.69. The highest BCUT2D eigenvalue weighted by molar-refractivity contribution is 7.89. The van der Waals surface area contributed by atoms with Crippen molar-refractivity contribution in [3.8, 4) is 0 Å². The van der Waals surface area contributed by atoms with Gasteiger partial charge in [-0.3, -0.25) is 0 Å². The van der Waals surface area contributed by atoms with Crippen LogP contribution in [0.1, 0.15) is 18.1 Å². The number of hydrogen-bond donors (Lipinski definition) is 0. The van der Waals surface area contributed by atoms with Crippen LogP contribution >= 0.6 is 0 Å². The van der Waals surface area contributed by atoms with E-state index in [4.69, 9.17) is 9.47 Å². The zero-order valence-electron chi connectivity index (χ0n) is 16.5. The quantitative estimate of drug-likeness (QED) is 0.358. The fraction of sp³-hybridized carbons (Fsp3) is 0.318. The average Bonchev–Trinajstić information content (AvgIpc) is 3.41. The van der Waals surface area contributed by atoms with Crippen molar-refractivity contribution in [1.82, 2.24) is 4.31 Å². The molecule has 1 aliphatic rings. The van der Waals surface area contributed by atoms with Gasteiger partial charge in [-0.2, -0.15) is 4.31 Å². The lowest BCUT2D eigenvalue weighted by Gasteiger charge is -2.07. The first-order chi connectivity index (χ1) is 13.9. The van der Waals surface area contributed by atoms with Gasteiger partial charge in [0.25, 0.3) is 0 Å². The number of hydrogen-bond acceptors (Lipinski definition) is 5. The van der Waals surface area contributed by atoms with Gasteiger partial charge in [-0.15, -0.1) is 0 Å². The van der Waals surface area contributed by atoms with Gasteiger partial charge in [0, 0.05) is 6.08 Å². The summed E-state index contributed by atoms with van der Waals surface area (Å²) < 4.78 is 38.1. The second-order valence-electron chi connectivity index (χ2n) is 6.82. The Kier molecular flexibility index (Phi) is 6.84. The average molecular weight is 416 g/mol. The lowest BCUT2D eigenvalue weighted by atomic mass is 10.2. The van der Waals surface area contributed by atoms with E-state index in [9.17, 15) is 13.2 Å². The Labute approximate surface area is 171 Å². The predicted octanol–water partition coefficient (Wildman–Crippen LogP) is 3.07. The smallest absolute Gasteiger partial charge is 0.330 e. The molecule has 0 bridgehead atoms. The van der Waals surface area contributed by atoms with E-state index in [2.05, 4.69) is 0 Å². The van der Waals surface area contributed by atoms with Crippen molar-refractivity contribution in [2.75, 3.05) is 13.2 Å². The van der Waals surface area contributed by atoms with Crippen molar-refractivity contribution in [3.63, 3.8) is 0 Å². The molecule has 1 fully saturated rings. The van der Waals surface area contributed by atoms with Gasteiger partial charge >= 0.3 is 5.97 Å². The third kappa shape index (κ3) is 5.32. The maximum Gasteiger partial charge on any atom is 0.330 e. The van der Waals surface area contributed by atoms with Gasteiger partial charge in [-0.1, -0.05) is 54.1 Å². The molecule has 1 unspecified atom stereocenters. The molecule has 2 aromatic rings. The summed E-state index contributed by atoms with van der Waals surface area (Å²) >= 11 is 0. The third-order valence-electron chi connectivity index (χ3n) is 4.64. The van der Waals surface area contributed by atoms with E-state index < -0.39 is 22.0 Å². The molecule has 0 radical (unpaired) electrons. The normalized spacial score (nSPS) is 21.2. The molecule has 0 N–H and O–H groups in total. The highest BCUT2D eigenvalue weighted by atomic mass is 32.2. The molecule has 1 saturated heterocycles. The summed E-state index contributed by atoms with van der Waals surface area (Å²) in [7, 11) is -3.69. The summed E-state index contributed by atoms with van der Waals surface area (Å²) in [5, 5.41) is 0. The highest BCUT2D eigenvalue weighted by Crippen LogP contribution is 2.37. The van der Waals surface area contributed by atoms with Crippen molar-refractivity contribution >= 4 is 16.0 Å². The number of carbonyl (C=O) groups is 1. The van der Waals surface area contributed by atoms with Gasteiger partial charge in [-0.25, -0.2) is 13.2 Å². The van der Waals surface area contributed by atoms with E-state index in [1.807, 2.05) is 37.3 Å². The molecule has 2 aromatic carbocycles. The summed E-state index contributed by atoms with van der Waals surface area (Å²) in [4.78, 5) is 11.9. The number of benzene rings is 2. The first-order valence-electron chi connectivity index (χ1n) is 9.50. The van der Waals surface area contributed by atoms with E-state index in [0.717, 1.165) is 11.1 Å². The lowest BCUT2D eigenvalue weighted by Crippen LogP contribution is -2.17. The van der Waals surface area contributed by atoms with Gasteiger partial charge in [0.1, 0.15) is 0 Å². The summed E-state index contributed by atoms with van der Waals surface area (Å²) in [6.45, 7) is 4.51. The summed E-state index contributed by atoms with van der Waals surface area (Å²) in [6.07, 6.45) is 2.85. The van der Waals surface area contributed by atoms with Gasteiger partial charge in [-0.05, 0) is 31.5 Å². The van der Waals surface area contributed by atoms with Crippen LogP contribution in [0, 0.1) is 6.92 Å². The van der Waals surface area contributed by atoms with Crippen LogP contribution in [0.15, 0.2) is 71.6 Å². The molecule has 0 spiro atoms. The number of nitrogens with zero attached hydrogens (tertiary/aromatic N) is 1. The van der Waals surface area contributed by atoms with Crippen molar-refractivity contribution in [3.05, 3.63) is 77.9 Å². The zero-order chi connectivity index (χ0) is 20.9. The Balaban J connectivity index is 1.72. The summed E-state index contributed by atoms with van der Waals surface area (Å²) in [5.41, 5.74) is 2.00. The van der Waals surface area contributed by atoms with Crippen LogP contribution in [-0.4, -0.2) is 44.0 Å². The maximum absolute atomic E-state index is 13.1. The molecule has 0 aliphatic carbocycles. The Bertz CT molecular complexity index is 954. The number of sulfonamides is 1. The molecular weight excluding hydrogens is 390 g/mol. The molecule has 1 heterocycles. The first-order valence-corrected chi connectivity index (χ1v) is 10.9. The Morgan fingerprint density at radius 3 is 2.45 bits per heavy atom. The van der Waals surface area contributed by atoms with Crippen LogP contribution in [0.4, 0.5) is 0 Å². The van der Waals surface area contributed by atoms with Crippen molar-refractivity contribution in [2.24, 2.45) is 0 Å². The Morgan fingerprint density at radius 2 is 1.79 bits per heavy atom. The predicted molar refractivity (Wildman–Crippen MR) is 110 cm³/mol. The van der Waals surface area contributed by atoms with Crippen LogP contribution in [0.3, 0.4) is 0 Å². The zero-order valence-corrected chi connectivity index (χ0v) is 17.3. The molecule has 154 valence electrons. The number of ether oxygens (including phenoxy) is 2. The Hall–Kier alpha value is -2.48. The van der Waals surface area contributed by atoms with Crippen LogP contribution in [-0.2, 0) is 30.9 Å². The molecule has 7 heteroatoms. The molecule has 3 rings (SSSR count). The third-order valence-corrected chi connectivity index (χ3v) is 6.58. The second kappa shape index (κ2) is 9.35. The van der Waals surface area contributed by atoms with Crippen LogP contribution < -0.4 is 0 Å². The lowest BCUT2D eigenvalue weighted by molar-refractivity contribution is -0.137. The topological polar surface area (TPSA) is 72.7 Å². The number of aryl methyl sites for hydroxylation is 1. The van der Waals surface area contributed by atoms with Crippen molar-refractivity contribution in [2.45, 2.75) is 37.4 Å². The molecule has 3 atom stereocenters. The highest BCUT2D eigenvalue weighted by Gasteiger charge is 2.54. The van der Waals surface area contributed by atoms with Crippen molar-refractivity contribution in [1.29, 1.82) is 0 Å². The van der Waals surface area contributed by atoms with Crippen LogP contribution in [0.2, 0.25) is 0 Å². The molecular formula is C22H25NO5S. The second-order valence-corrected chi connectivity index (χ2v) is 8.66. The van der Waals surface area contributed by atoms with E-state index in [0.29, 0.717) is 6.61 Å². The van der Waals surface area contributed by atoms with E-state index in [1.165, 1.54) is 10.4 Å². The van der Waals surface area contributed by atoms with E-state index >= 15 is 0 Å². The number of esters is 1.